The number of halogens is 3. The van der Waals surface area contributed by atoms with E-state index >= 15 is 0 Å². The molecular weight excluding hydrogens is 227 g/mol. The molecule has 0 saturated heterocycles. The minimum Gasteiger partial charge on any atom is -0.304 e. The summed E-state index contributed by atoms with van der Waals surface area (Å²) >= 11 is 0. The SMILES string of the molecule is C#CC(Cc1cccc(C(F)(F)F)c1)NCC. The summed E-state index contributed by atoms with van der Waals surface area (Å²) in [6, 6.07) is 5.02. The molecule has 1 N–H and O–H groups in total. The highest BCUT2D eigenvalue weighted by atomic mass is 19.4. The predicted octanol–water partition coefficient (Wildman–Crippen LogP) is 2.86. The highest BCUT2D eigenvalue weighted by molar-refractivity contribution is 5.27. The number of alkyl halides is 3. The van der Waals surface area contributed by atoms with E-state index in [4.69, 9.17) is 6.42 Å². The molecule has 0 saturated carbocycles. The molecule has 1 nitrogen and oxygen atoms in total. The monoisotopic (exact) mass is 241 g/mol. The van der Waals surface area contributed by atoms with Gasteiger partial charge < -0.3 is 5.32 Å². The molecule has 1 atom stereocenters. The molecule has 0 bridgehead atoms. The van der Waals surface area contributed by atoms with Crippen molar-refractivity contribution in [2.24, 2.45) is 0 Å². The lowest BCUT2D eigenvalue weighted by Crippen LogP contribution is -2.29. The van der Waals surface area contributed by atoms with Crippen molar-refractivity contribution in [1.82, 2.24) is 5.32 Å². The zero-order valence-corrected chi connectivity index (χ0v) is 9.51. The molecule has 17 heavy (non-hydrogen) atoms. The van der Waals surface area contributed by atoms with Crippen molar-refractivity contribution >= 4 is 0 Å². The average Bonchev–Trinajstić information content (AvgIpc) is 2.28. The van der Waals surface area contributed by atoms with Crippen molar-refractivity contribution in [1.29, 1.82) is 0 Å². The second-order valence-electron chi connectivity index (χ2n) is 3.68. The summed E-state index contributed by atoms with van der Waals surface area (Å²) in [5.74, 6) is 2.52. The Morgan fingerprint density at radius 1 is 1.41 bits per heavy atom. The van der Waals surface area contributed by atoms with Crippen molar-refractivity contribution in [3.63, 3.8) is 0 Å². The lowest BCUT2D eigenvalue weighted by atomic mass is 10.0. The highest BCUT2D eigenvalue weighted by Crippen LogP contribution is 2.29. The van der Waals surface area contributed by atoms with Gasteiger partial charge in [-0.3, -0.25) is 0 Å². The van der Waals surface area contributed by atoms with Crippen molar-refractivity contribution in [3.8, 4) is 12.3 Å². The van der Waals surface area contributed by atoms with Crippen LogP contribution in [0.3, 0.4) is 0 Å². The summed E-state index contributed by atoms with van der Waals surface area (Å²) in [6.07, 6.45) is 1.39. The maximum absolute atomic E-state index is 12.5. The standard InChI is InChI=1S/C13H14F3N/c1-3-12(17-4-2)9-10-6-5-7-11(8-10)13(14,15)16/h1,5-8,12,17H,4,9H2,2H3. The van der Waals surface area contributed by atoms with E-state index in [0.717, 1.165) is 12.1 Å². The van der Waals surface area contributed by atoms with Gasteiger partial charge in [0.1, 0.15) is 0 Å². The molecule has 0 aliphatic rings. The largest absolute Gasteiger partial charge is 0.416 e. The maximum Gasteiger partial charge on any atom is 0.416 e. The lowest BCUT2D eigenvalue weighted by molar-refractivity contribution is -0.137. The van der Waals surface area contributed by atoms with Crippen LogP contribution < -0.4 is 5.32 Å². The number of hydrogen-bond acceptors (Lipinski definition) is 1. The van der Waals surface area contributed by atoms with Gasteiger partial charge in [0, 0.05) is 0 Å². The molecule has 4 heteroatoms. The Balaban J connectivity index is 2.82. The Bertz CT molecular complexity index is 404. The summed E-state index contributed by atoms with van der Waals surface area (Å²) in [7, 11) is 0. The first-order valence-electron chi connectivity index (χ1n) is 5.33. The Labute approximate surface area is 99.0 Å². The van der Waals surface area contributed by atoms with Crippen molar-refractivity contribution in [2.75, 3.05) is 6.54 Å². The molecule has 0 aliphatic carbocycles. The third-order valence-electron chi connectivity index (χ3n) is 2.35. The van der Waals surface area contributed by atoms with Gasteiger partial charge >= 0.3 is 6.18 Å². The van der Waals surface area contributed by atoms with Crippen molar-refractivity contribution in [2.45, 2.75) is 25.6 Å². The first-order valence-corrected chi connectivity index (χ1v) is 5.33. The van der Waals surface area contributed by atoms with Gasteiger partial charge in [0.05, 0.1) is 11.6 Å². The maximum atomic E-state index is 12.5. The van der Waals surface area contributed by atoms with Crippen LogP contribution in [0.4, 0.5) is 13.2 Å². The molecule has 92 valence electrons. The van der Waals surface area contributed by atoms with Crippen LogP contribution in [-0.2, 0) is 12.6 Å². The lowest BCUT2D eigenvalue weighted by Gasteiger charge is -2.13. The molecule has 1 aromatic carbocycles. The fourth-order valence-corrected chi connectivity index (χ4v) is 1.55. The van der Waals surface area contributed by atoms with E-state index in [1.54, 1.807) is 6.07 Å². The van der Waals surface area contributed by atoms with Gasteiger partial charge in [-0.15, -0.1) is 6.42 Å². The van der Waals surface area contributed by atoms with Crippen LogP contribution in [0.1, 0.15) is 18.1 Å². The topological polar surface area (TPSA) is 12.0 Å². The van der Waals surface area contributed by atoms with Gasteiger partial charge in [-0.1, -0.05) is 31.0 Å². The summed E-state index contributed by atoms with van der Waals surface area (Å²) < 4.78 is 37.4. The van der Waals surface area contributed by atoms with Crippen LogP contribution >= 0.6 is 0 Å². The summed E-state index contributed by atoms with van der Waals surface area (Å²) in [5.41, 5.74) is -0.0500. The van der Waals surface area contributed by atoms with Gasteiger partial charge in [-0.05, 0) is 24.6 Å². The smallest absolute Gasteiger partial charge is 0.304 e. The molecule has 1 rings (SSSR count). The third-order valence-corrected chi connectivity index (χ3v) is 2.35. The molecule has 0 aliphatic heterocycles. The number of benzene rings is 1. The van der Waals surface area contributed by atoms with Crippen molar-refractivity contribution < 1.29 is 13.2 Å². The van der Waals surface area contributed by atoms with Gasteiger partial charge in [0.15, 0.2) is 0 Å². The predicted molar refractivity (Wildman–Crippen MR) is 61.4 cm³/mol. The Hall–Kier alpha value is -1.47. The summed E-state index contributed by atoms with van der Waals surface area (Å²) in [5, 5.41) is 3.02. The third kappa shape index (κ3) is 4.12. The molecule has 0 spiro atoms. The number of hydrogen-bond donors (Lipinski definition) is 1. The molecular formula is C13H14F3N. The minimum atomic E-state index is -4.31. The van der Waals surface area contributed by atoms with Crippen molar-refractivity contribution in [3.05, 3.63) is 35.4 Å². The summed E-state index contributed by atoms with van der Waals surface area (Å²) in [4.78, 5) is 0. The van der Waals surface area contributed by atoms with Gasteiger partial charge in [0.25, 0.3) is 0 Å². The first-order chi connectivity index (χ1) is 7.97. The Morgan fingerprint density at radius 3 is 2.65 bits per heavy atom. The van der Waals surface area contributed by atoms with E-state index in [9.17, 15) is 13.2 Å². The fraction of sp³-hybridized carbons (Fsp3) is 0.385. The van der Waals surface area contributed by atoms with E-state index in [1.165, 1.54) is 6.07 Å². The first kappa shape index (κ1) is 13.6. The zero-order valence-electron chi connectivity index (χ0n) is 9.51. The van der Waals surface area contributed by atoms with Crippen LogP contribution in [0, 0.1) is 12.3 Å². The number of likely N-dealkylation sites (N-methyl/N-ethyl adjacent to an activating group) is 1. The van der Waals surface area contributed by atoms with Crippen LogP contribution in [0.25, 0.3) is 0 Å². The van der Waals surface area contributed by atoms with Crippen LogP contribution in [-0.4, -0.2) is 12.6 Å². The number of terminal acetylenes is 1. The average molecular weight is 241 g/mol. The molecule has 0 fully saturated rings. The molecule has 1 unspecified atom stereocenters. The van der Waals surface area contributed by atoms with E-state index in [2.05, 4.69) is 11.2 Å². The van der Waals surface area contributed by atoms with Gasteiger partial charge in [-0.2, -0.15) is 13.2 Å². The molecule has 1 aromatic rings. The molecule has 0 amide bonds. The van der Waals surface area contributed by atoms with Crippen LogP contribution in [0.2, 0.25) is 0 Å². The zero-order chi connectivity index (χ0) is 12.9. The second kappa shape index (κ2) is 5.74. The second-order valence-corrected chi connectivity index (χ2v) is 3.68. The van der Waals surface area contributed by atoms with E-state index in [-0.39, 0.29) is 6.04 Å². The molecule has 0 radical (unpaired) electrons. The normalized spacial score (nSPS) is 13.1. The summed E-state index contributed by atoms with van der Waals surface area (Å²) in [6.45, 7) is 2.59. The molecule has 0 heterocycles. The van der Waals surface area contributed by atoms with E-state index in [0.29, 0.717) is 18.5 Å². The van der Waals surface area contributed by atoms with E-state index < -0.39 is 11.7 Å². The fourth-order valence-electron chi connectivity index (χ4n) is 1.55. The molecule has 0 aromatic heterocycles. The number of nitrogens with one attached hydrogen (secondary N) is 1. The quantitative estimate of drug-likeness (QED) is 0.799. The Kier molecular flexibility index (Phi) is 4.59. The van der Waals surface area contributed by atoms with Gasteiger partial charge in [-0.25, -0.2) is 0 Å². The Morgan fingerprint density at radius 2 is 2.12 bits per heavy atom. The number of rotatable bonds is 4. The highest BCUT2D eigenvalue weighted by Gasteiger charge is 2.30. The minimum absolute atomic E-state index is 0.233. The van der Waals surface area contributed by atoms with Crippen LogP contribution in [0.15, 0.2) is 24.3 Å². The van der Waals surface area contributed by atoms with Gasteiger partial charge in [0.2, 0.25) is 0 Å². The van der Waals surface area contributed by atoms with E-state index in [1.807, 2.05) is 6.92 Å². The van der Waals surface area contributed by atoms with Crippen LogP contribution in [0.5, 0.6) is 0 Å².